The minimum atomic E-state index is 0.227. The molecule has 0 bridgehead atoms. The van der Waals surface area contributed by atoms with Crippen molar-refractivity contribution in [3.05, 3.63) is 36.5 Å². The van der Waals surface area contributed by atoms with Crippen molar-refractivity contribution in [3.8, 4) is 0 Å². The molecule has 1 aliphatic rings. The molecule has 0 aromatic carbocycles. The van der Waals surface area contributed by atoms with Gasteiger partial charge in [-0.3, -0.25) is 4.79 Å². The fourth-order valence-electron chi connectivity index (χ4n) is 0.943. The molecule has 0 aromatic rings. The van der Waals surface area contributed by atoms with E-state index in [9.17, 15) is 4.79 Å². The summed E-state index contributed by atoms with van der Waals surface area (Å²) in [6.45, 7) is 0. The minimum Gasteiger partial charge on any atom is -0.295 e. The maximum atomic E-state index is 11.0. The van der Waals surface area contributed by atoms with Gasteiger partial charge in [-0.1, -0.05) is 30.4 Å². The second-order valence-corrected chi connectivity index (χ2v) is 2.53. The molecule has 1 rings (SSSR count). The molecule has 0 spiro atoms. The van der Waals surface area contributed by atoms with Crippen LogP contribution >= 0.6 is 0 Å². The Labute approximate surface area is 67.1 Å². The van der Waals surface area contributed by atoms with Crippen molar-refractivity contribution in [3.63, 3.8) is 0 Å². The van der Waals surface area contributed by atoms with Crippen molar-refractivity contribution in [1.29, 1.82) is 0 Å². The highest BCUT2D eigenvalue weighted by Gasteiger charge is 1.94. The maximum absolute atomic E-state index is 11.0. The molecule has 58 valence electrons. The first kappa shape index (κ1) is 7.99. The van der Waals surface area contributed by atoms with Gasteiger partial charge in [0.15, 0.2) is 5.78 Å². The van der Waals surface area contributed by atoms with Crippen molar-refractivity contribution in [2.45, 2.75) is 19.3 Å². The number of ketones is 1. The molecule has 0 radical (unpaired) electrons. The van der Waals surface area contributed by atoms with Crippen LogP contribution in [0.15, 0.2) is 36.5 Å². The van der Waals surface area contributed by atoms with Crippen LogP contribution in [0.3, 0.4) is 0 Å². The molecule has 0 aromatic heterocycles. The molecular weight excluding hydrogens is 136 g/mol. The Balaban J connectivity index is 2.56. The van der Waals surface area contributed by atoms with Gasteiger partial charge in [-0.05, 0) is 18.9 Å². The van der Waals surface area contributed by atoms with Crippen molar-refractivity contribution in [2.24, 2.45) is 0 Å². The van der Waals surface area contributed by atoms with Gasteiger partial charge in [-0.2, -0.15) is 0 Å². The number of allylic oxidation sites excluding steroid dienone is 6. The molecule has 0 saturated carbocycles. The van der Waals surface area contributed by atoms with E-state index in [2.05, 4.69) is 6.08 Å². The predicted molar refractivity (Wildman–Crippen MR) is 46.3 cm³/mol. The fourth-order valence-corrected chi connectivity index (χ4v) is 0.943. The average molecular weight is 148 g/mol. The van der Waals surface area contributed by atoms with Gasteiger partial charge in [0.05, 0.1) is 0 Å². The van der Waals surface area contributed by atoms with Gasteiger partial charge in [0.1, 0.15) is 0 Å². The highest BCUT2D eigenvalue weighted by molar-refractivity contribution is 5.89. The zero-order valence-electron chi connectivity index (χ0n) is 6.49. The van der Waals surface area contributed by atoms with Crippen LogP contribution < -0.4 is 0 Å². The zero-order chi connectivity index (χ0) is 7.94. The third-order valence-electron chi connectivity index (χ3n) is 1.55. The summed E-state index contributed by atoms with van der Waals surface area (Å²) < 4.78 is 0. The highest BCUT2D eigenvalue weighted by atomic mass is 16.1. The minimum absolute atomic E-state index is 0.227. The Kier molecular flexibility index (Phi) is 3.39. The summed E-state index contributed by atoms with van der Waals surface area (Å²) in [5.41, 5.74) is 0. The Morgan fingerprint density at radius 2 is 1.91 bits per heavy atom. The van der Waals surface area contributed by atoms with E-state index in [1.54, 1.807) is 12.2 Å². The number of hydrogen-bond acceptors (Lipinski definition) is 1. The number of carbonyl (C=O) groups excluding carboxylic acids is 1. The first-order chi connectivity index (χ1) is 5.39. The van der Waals surface area contributed by atoms with Crippen LogP contribution in [-0.4, -0.2) is 5.78 Å². The molecule has 1 heteroatoms. The molecule has 0 unspecified atom stereocenters. The van der Waals surface area contributed by atoms with Gasteiger partial charge in [0.25, 0.3) is 0 Å². The maximum Gasteiger partial charge on any atom is 0.155 e. The van der Waals surface area contributed by atoms with Crippen LogP contribution in [0.1, 0.15) is 19.3 Å². The Morgan fingerprint density at radius 1 is 1.09 bits per heavy atom. The summed E-state index contributed by atoms with van der Waals surface area (Å²) in [4.78, 5) is 11.0. The second-order valence-electron chi connectivity index (χ2n) is 2.53. The molecule has 0 saturated heterocycles. The molecule has 0 N–H and O–H groups in total. The van der Waals surface area contributed by atoms with Gasteiger partial charge < -0.3 is 0 Å². The SMILES string of the molecule is O=C1/C=C/C=C\C=C\CCC1. The fraction of sp³-hybridized carbons (Fsp3) is 0.300. The highest BCUT2D eigenvalue weighted by Crippen LogP contribution is 2.00. The summed E-state index contributed by atoms with van der Waals surface area (Å²) >= 11 is 0. The molecule has 0 fully saturated rings. The van der Waals surface area contributed by atoms with E-state index < -0.39 is 0 Å². The van der Waals surface area contributed by atoms with Crippen molar-refractivity contribution < 1.29 is 4.79 Å². The number of hydrogen-bond donors (Lipinski definition) is 0. The smallest absolute Gasteiger partial charge is 0.155 e. The van der Waals surface area contributed by atoms with E-state index in [0.29, 0.717) is 6.42 Å². The van der Waals surface area contributed by atoms with Gasteiger partial charge >= 0.3 is 0 Å². The lowest BCUT2D eigenvalue weighted by Crippen LogP contribution is -1.91. The summed E-state index contributed by atoms with van der Waals surface area (Å²) in [7, 11) is 0. The summed E-state index contributed by atoms with van der Waals surface area (Å²) in [6.07, 6.45) is 14.0. The Hall–Kier alpha value is -1.11. The van der Waals surface area contributed by atoms with Crippen molar-refractivity contribution in [1.82, 2.24) is 0 Å². The molecule has 0 atom stereocenters. The molecular formula is C10H12O. The van der Waals surface area contributed by atoms with E-state index in [0.717, 1.165) is 12.8 Å². The van der Waals surface area contributed by atoms with Crippen LogP contribution in [0.25, 0.3) is 0 Å². The molecule has 1 aliphatic carbocycles. The zero-order valence-corrected chi connectivity index (χ0v) is 6.49. The number of carbonyl (C=O) groups is 1. The van der Waals surface area contributed by atoms with Crippen LogP contribution in [0.2, 0.25) is 0 Å². The summed E-state index contributed by atoms with van der Waals surface area (Å²) in [6, 6.07) is 0. The van der Waals surface area contributed by atoms with Gasteiger partial charge in [-0.15, -0.1) is 0 Å². The first-order valence-corrected chi connectivity index (χ1v) is 3.92. The lowest BCUT2D eigenvalue weighted by Gasteiger charge is -1.92. The molecule has 11 heavy (non-hydrogen) atoms. The van der Waals surface area contributed by atoms with Crippen molar-refractivity contribution in [2.75, 3.05) is 0 Å². The van der Waals surface area contributed by atoms with Gasteiger partial charge in [0.2, 0.25) is 0 Å². The van der Waals surface area contributed by atoms with Gasteiger partial charge in [0, 0.05) is 6.42 Å². The first-order valence-electron chi connectivity index (χ1n) is 3.92. The molecule has 0 heterocycles. The predicted octanol–water partition coefficient (Wildman–Crippen LogP) is 2.41. The average Bonchev–Trinajstić information content (AvgIpc) is 2.03. The third kappa shape index (κ3) is 3.56. The van der Waals surface area contributed by atoms with E-state index in [1.165, 1.54) is 0 Å². The van der Waals surface area contributed by atoms with E-state index in [-0.39, 0.29) is 5.78 Å². The second kappa shape index (κ2) is 4.67. The van der Waals surface area contributed by atoms with Crippen LogP contribution in [0, 0.1) is 0 Å². The third-order valence-corrected chi connectivity index (χ3v) is 1.55. The van der Waals surface area contributed by atoms with E-state index >= 15 is 0 Å². The topological polar surface area (TPSA) is 17.1 Å². The number of rotatable bonds is 0. The normalized spacial score (nSPS) is 27.5. The molecule has 0 aliphatic heterocycles. The quantitative estimate of drug-likeness (QED) is 0.515. The van der Waals surface area contributed by atoms with Crippen LogP contribution in [0.4, 0.5) is 0 Å². The monoisotopic (exact) mass is 148 g/mol. The van der Waals surface area contributed by atoms with E-state index in [1.807, 2.05) is 18.2 Å². The summed E-state index contributed by atoms with van der Waals surface area (Å²) in [5.74, 6) is 0.227. The summed E-state index contributed by atoms with van der Waals surface area (Å²) in [5, 5.41) is 0. The van der Waals surface area contributed by atoms with Crippen LogP contribution in [-0.2, 0) is 4.79 Å². The Morgan fingerprint density at radius 3 is 2.82 bits per heavy atom. The molecule has 1 nitrogen and oxygen atoms in total. The molecule has 0 amide bonds. The van der Waals surface area contributed by atoms with Crippen molar-refractivity contribution >= 4 is 5.78 Å². The van der Waals surface area contributed by atoms with E-state index in [4.69, 9.17) is 0 Å². The lowest BCUT2D eigenvalue weighted by atomic mass is 10.1. The van der Waals surface area contributed by atoms with Crippen LogP contribution in [0.5, 0.6) is 0 Å². The largest absolute Gasteiger partial charge is 0.295 e. The Bertz CT molecular complexity index is 209. The lowest BCUT2D eigenvalue weighted by molar-refractivity contribution is -0.114. The van der Waals surface area contributed by atoms with Gasteiger partial charge in [-0.25, -0.2) is 0 Å². The standard InChI is InChI=1S/C10H12O/c11-10-8-6-4-2-1-3-5-7-9-10/h1-4,6,8H,5,7,9H2/b3-1+,4-2-,8-6+.